The SMILES string of the molecule is COc1ccc(CCNC(=O)C2=CC(C)(C)NC2(C)C)cc1OC. The molecule has 1 aliphatic heterocycles. The van der Waals surface area contributed by atoms with Crippen molar-refractivity contribution in [2.24, 2.45) is 0 Å². The fourth-order valence-corrected chi connectivity index (χ4v) is 3.25. The normalized spacial score (nSPS) is 18.0. The van der Waals surface area contributed by atoms with Crippen LogP contribution in [0.2, 0.25) is 0 Å². The Bertz CT molecular complexity index is 648. The van der Waals surface area contributed by atoms with E-state index in [2.05, 4.69) is 24.5 Å². The van der Waals surface area contributed by atoms with Gasteiger partial charge in [-0.25, -0.2) is 0 Å². The number of methoxy groups -OCH3 is 2. The van der Waals surface area contributed by atoms with Gasteiger partial charge in [0.15, 0.2) is 11.5 Å². The van der Waals surface area contributed by atoms with Gasteiger partial charge in [0, 0.05) is 23.2 Å². The Balaban J connectivity index is 1.96. The number of nitrogens with one attached hydrogen (secondary N) is 2. The molecular weight excluding hydrogens is 304 g/mol. The summed E-state index contributed by atoms with van der Waals surface area (Å²) in [7, 11) is 3.23. The highest BCUT2D eigenvalue weighted by molar-refractivity contribution is 5.96. The van der Waals surface area contributed by atoms with Gasteiger partial charge in [-0.05, 0) is 51.8 Å². The fraction of sp³-hybridized carbons (Fsp3) is 0.526. The Morgan fingerprint density at radius 3 is 2.33 bits per heavy atom. The van der Waals surface area contributed by atoms with Crippen LogP contribution in [0.4, 0.5) is 0 Å². The Morgan fingerprint density at radius 2 is 1.79 bits per heavy atom. The summed E-state index contributed by atoms with van der Waals surface area (Å²) in [5.41, 5.74) is 1.39. The highest BCUT2D eigenvalue weighted by Gasteiger charge is 2.39. The third-order valence-corrected chi connectivity index (χ3v) is 4.21. The molecule has 1 aromatic carbocycles. The van der Waals surface area contributed by atoms with Crippen LogP contribution in [-0.4, -0.2) is 37.7 Å². The largest absolute Gasteiger partial charge is 0.493 e. The Labute approximate surface area is 144 Å². The van der Waals surface area contributed by atoms with Crippen LogP contribution in [0.3, 0.4) is 0 Å². The standard InChI is InChI=1S/C19H28N2O3/c1-18(2)12-14(19(3,4)21-18)17(22)20-10-9-13-7-8-15(23-5)16(11-13)24-6/h7-8,11-12,21H,9-10H2,1-6H3,(H,20,22). The zero-order chi connectivity index (χ0) is 18.0. The molecule has 0 fully saturated rings. The molecule has 0 spiro atoms. The summed E-state index contributed by atoms with van der Waals surface area (Å²) in [5, 5.41) is 6.47. The van der Waals surface area contributed by atoms with Gasteiger partial charge in [0.05, 0.1) is 14.2 Å². The summed E-state index contributed by atoms with van der Waals surface area (Å²) in [6.07, 6.45) is 2.75. The molecular formula is C19H28N2O3. The third kappa shape index (κ3) is 4.09. The second-order valence-electron chi connectivity index (χ2n) is 7.22. The average Bonchev–Trinajstić information content (AvgIpc) is 2.74. The number of ether oxygens (including phenoxy) is 2. The summed E-state index contributed by atoms with van der Waals surface area (Å²) in [5.74, 6) is 1.39. The van der Waals surface area contributed by atoms with Crippen LogP contribution in [0.1, 0.15) is 33.3 Å². The monoisotopic (exact) mass is 332 g/mol. The number of hydrogen-bond acceptors (Lipinski definition) is 4. The van der Waals surface area contributed by atoms with E-state index in [9.17, 15) is 4.79 Å². The fourth-order valence-electron chi connectivity index (χ4n) is 3.25. The lowest BCUT2D eigenvalue weighted by Crippen LogP contribution is -2.47. The maximum atomic E-state index is 12.5. The molecule has 24 heavy (non-hydrogen) atoms. The van der Waals surface area contributed by atoms with Gasteiger partial charge in [-0.2, -0.15) is 0 Å². The summed E-state index contributed by atoms with van der Waals surface area (Å²) in [6.45, 7) is 8.77. The Hall–Kier alpha value is -2.01. The van der Waals surface area contributed by atoms with E-state index in [1.54, 1.807) is 14.2 Å². The molecule has 0 saturated heterocycles. The van der Waals surface area contributed by atoms with E-state index < -0.39 is 0 Å². The quantitative estimate of drug-likeness (QED) is 0.840. The van der Waals surface area contributed by atoms with Crippen molar-refractivity contribution in [3.8, 4) is 11.5 Å². The zero-order valence-electron chi connectivity index (χ0n) is 15.4. The van der Waals surface area contributed by atoms with Crippen LogP contribution in [0.25, 0.3) is 0 Å². The molecule has 0 aliphatic carbocycles. The number of amides is 1. The molecule has 2 rings (SSSR count). The van der Waals surface area contributed by atoms with Crippen molar-refractivity contribution in [3.63, 3.8) is 0 Å². The van der Waals surface area contributed by atoms with Crippen molar-refractivity contribution < 1.29 is 14.3 Å². The van der Waals surface area contributed by atoms with Gasteiger partial charge in [-0.1, -0.05) is 12.1 Å². The first kappa shape index (κ1) is 18.3. The molecule has 0 atom stereocenters. The molecule has 0 unspecified atom stereocenters. The van der Waals surface area contributed by atoms with E-state index in [1.807, 2.05) is 38.1 Å². The van der Waals surface area contributed by atoms with Gasteiger partial charge >= 0.3 is 0 Å². The minimum atomic E-state index is -0.323. The number of benzene rings is 1. The predicted molar refractivity (Wildman–Crippen MR) is 95.6 cm³/mol. The molecule has 1 heterocycles. The molecule has 0 aromatic heterocycles. The van der Waals surface area contributed by atoms with E-state index in [0.717, 1.165) is 17.6 Å². The van der Waals surface area contributed by atoms with Gasteiger partial charge in [-0.15, -0.1) is 0 Å². The van der Waals surface area contributed by atoms with Gasteiger partial charge in [-0.3, -0.25) is 10.1 Å². The molecule has 5 heteroatoms. The second kappa shape index (κ2) is 6.85. The number of rotatable bonds is 6. The third-order valence-electron chi connectivity index (χ3n) is 4.21. The van der Waals surface area contributed by atoms with Gasteiger partial charge < -0.3 is 14.8 Å². The lowest BCUT2D eigenvalue weighted by molar-refractivity contribution is -0.118. The number of carbonyl (C=O) groups excluding carboxylic acids is 1. The molecule has 2 N–H and O–H groups in total. The first-order chi connectivity index (χ1) is 11.2. The molecule has 1 amide bonds. The van der Waals surface area contributed by atoms with E-state index in [-0.39, 0.29) is 17.0 Å². The Kier molecular flexibility index (Phi) is 5.23. The molecule has 0 radical (unpaired) electrons. The van der Waals surface area contributed by atoms with Crippen molar-refractivity contribution in [3.05, 3.63) is 35.4 Å². The maximum absolute atomic E-state index is 12.5. The Morgan fingerprint density at radius 1 is 1.12 bits per heavy atom. The lowest BCUT2D eigenvalue weighted by atomic mass is 9.96. The summed E-state index contributed by atoms with van der Waals surface area (Å²) < 4.78 is 10.5. The molecule has 5 nitrogen and oxygen atoms in total. The first-order valence-electron chi connectivity index (χ1n) is 8.20. The van der Waals surface area contributed by atoms with Crippen LogP contribution in [0.5, 0.6) is 11.5 Å². The molecule has 132 valence electrons. The second-order valence-corrected chi connectivity index (χ2v) is 7.22. The van der Waals surface area contributed by atoms with Crippen molar-refractivity contribution in [2.45, 2.75) is 45.2 Å². The van der Waals surface area contributed by atoms with Crippen molar-refractivity contribution >= 4 is 5.91 Å². The highest BCUT2D eigenvalue weighted by atomic mass is 16.5. The summed E-state index contributed by atoms with van der Waals surface area (Å²) in [4.78, 5) is 12.5. The van der Waals surface area contributed by atoms with Gasteiger partial charge in [0.2, 0.25) is 5.91 Å². The van der Waals surface area contributed by atoms with E-state index in [1.165, 1.54) is 0 Å². The number of carbonyl (C=O) groups is 1. The highest BCUT2D eigenvalue weighted by Crippen LogP contribution is 2.30. The smallest absolute Gasteiger partial charge is 0.248 e. The van der Waals surface area contributed by atoms with Gasteiger partial charge in [0.25, 0.3) is 0 Å². The number of hydrogen-bond donors (Lipinski definition) is 2. The topological polar surface area (TPSA) is 59.6 Å². The van der Waals surface area contributed by atoms with Crippen molar-refractivity contribution in [1.29, 1.82) is 0 Å². The molecule has 0 saturated carbocycles. The van der Waals surface area contributed by atoms with Gasteiger partial charge in [0.1, 0.15) is 0 Å². The predicted octanol–water partition coefficient (Wildman–Crippen LogP) is 2.45. The lowest BCUT2D eigenvalue weighted by Gasteiger charge is -2.27. The first-order valence-corrected chi connectivity index (χ1v) is 8.20. The van der Waals surface area contributed by atoms with E-state index in [4.69, 9.17) is 9.47 Å². The zero-order valence-corrected chi connectivity index (χ0v) is 15.4. The van der Waals surface area contributed by atoms with Crippen LogP contribution in [0.15, 0.2) is 29.8 Å². The van der Waals surface area contributed by atoms with Crippen LogP contribution in [-0.2, 0) is 11.2 Å². The maximum Gasteiger partial charge on any atom is 0.248 e. The van der Waals surface area contributed by atoms with E-state index in [0.29, 0.717) is 18.0 Å². The van der Waals surface area contributed by atoms with Crippen LogP contribution in [0, 0.1) is 0 Å². The van der Waals surface area contributed by atoms with E-state index >= 15 is 0 Å². The minimum Gasteiger partial charge on any atom is -0.493 e. The molecule has 0 bridgehead atoms. The minimum absolute atomic E-state index is 0.0152. The van der Waals surface area contributed by atoms with Crippen LogP contribution < -0.4 is 20.1 Å². The summed E-state index contributed by atoms with van der Waals surface area (Å²) >= 11 is 0. The molecule has 1 aromatic rings. The molecule has 1 aliphatic rings. The van der Waals surface area contributed by atoms with Crippen molar-refractivity contribution in [1.82, 2.24) is 10.6 Å². The average molecular weight is 332 g/mol. The summed E-state index contributed by atoms with van der Waals surface area (Å²) in [6, 6.07) is 5.80. The van der Waals surface area contributed by atoms with Crippen LogP contribution >= 0.6 is 0 Å². The van der Waals surface area contributed by atoms with Crippen molar-refractivity contribution in [2.75, 3.05) is 20.8 Å².